The first kappa shape index (κ1) is 33.3. The topological polar surface area (TPSA) is 185 Å². The van der Waals surface area contributed by atoms with Gasteiger partial charge >= 0.3 is 0 Å². The number of benzene rings is 3. The lowest BCUT2D eigenvalue weighted by molar-refractivity contribution is 0.396. The van der Waals surface area contributed by atoms with E-state index in [1.165, 1.54) is 59.9 Å². The Bertz CT molecular complexity index is 2210. The van der Waals surface area contributed by atoms with E-state index in [4.69, 9.17) is 0 Å². The zero-order chi connectivity index (χ0) is 33.8. The van der Waals surface area contributed by atoms with E-state index in [2.05, 4.69) is 45.3 Å². The average Bonchev–Trinajstić information content (AvgIpc) is 3.54. The number of aryl methyl sites for hydroxylation is 1. The predicted octanol–water partition coefficient (Wildman–Crippen LogP) is 7.27. The molecule has 0 bridgehead atoms. The second kappa shape index (κ2) is 13.7. The Hall–Kier alpha value is -5.05. The maximum Gasteiger partial charge on any atom is 0.296 e. The number of nitrogens with one attached hydrogen (secondary N) is 2. The molecule has 2 aromatic heterocycles. The molecule has 0 radical (unpaired) electrons. The van der Waals surface area contributed by atoms with Crippen LogP contribution in [-0.4, -0.2) is 41.0 Å². The van der Waals surface area contributed by atoms with Crippen molar-refractivity contribution in [2.24, 2.45) is 10.2 Å². The molecule has 0 atom stereocenters. The maximum atomic E-state index is 12.1. The quantitative estimate of drug-likeness (QED) is 0.105. The zero-order valence-electron chi connectivity index (χ0n) is 25.4. The molecule has 240 valence electrons. The van der Waals surface area contributed by atoms with Crippen LogP contribution < -0.4 is 10.6 Å². The van der Waals surface area contributed by atoms with E-state index in [-0.39, 0.29) is 32.7 Å². The van der Waals surface area contributed by atoms with Crippen LogP contribution in [0.1, 0.15) is 16.7 Å². The molecule has 0 aliphatic rings. The molecule has 16 heteroatoms. The number of hydrogen-bond acceptors (Lipinski definition) is 14. The van der Waals surface area contributed by atoms with Crippen molar-refractivity contribution in [2.45, 2.75) is 23.6 Å². The minimum atomic E-state index is -3.90. The van der Waals surface area contributed by atoms with Gasteiger partial charge < -0.3 is 10.6 Å². The van der Waals surface area contributed by atoms with Crippen LogP contribution in [0.2, 0.25) is 0 Å². The summed E-state index contributed by atoms with van der Waals surface area (Å²) in [6.07, 6.45) is 0. The van der Waals surface area contributed by atoms with Crippen LogP contribution in [0.3, 0.4) is 0 Å². The molecule has 13 nitrogen and oxygen atoms in total. The van der Waals surface area contributed by atoms with Gasteiger partial charge in [0, 0.05) is 27.9 Å². The molecular formula is C31H27N7O6S3. The molecule has 2 N–H and O–H groups in total. The van der Waals surface area contributed by atoms with E-state index in [0.29, 0.717) is 22.1 Å². The second-order valence-corrected chi connectivity index (χ2v) is 14.2. The summed E-state index contributed by atoms with van der Waals surface area (Å²) in [5.74, 6) is 0.354. The molecule has 0 saturated carbocycles. The van der Waals surface area contributed by atoms with Gasteiger partial charge in [0.15, 0.2) is 11.6 Å². The summed E-state index contributed by atoms with van der Waals surface area (Å²) < 4.78 is 57.5. The van der Waals surface area contributed by atoms with Gasteiger partial charge in [-0.2, -0.15) is 22.1 Å². The van der Waals surface area contributed by atoms with E-state index in [9.17, 15) is 22.1 Å². The molecule has 0 aliphatic heterocycles. The molecule has 0 unspecified atom stereocenters. The Morgan fingerprint density at radius 3 is 1.79 bits per heavy atom. The monoisotopic (exact) mass is 689 g/mol. The van der Waals surface area contributed by atoms with Crippen molar-refractivity contribution in [1.82, 2.24) is 9.97 Å². The number of pyridine rings is 1. The first-order valence-corrected chi connectivity index (χ1v) is 17.4. The fourth-order valence-corrected chi connectivity index (χ4v) is 6.24. The number of hydrogen-bond donors (Lipinski definition) is 2. The van der Waals surface area contributed by atoms with Crippen molar-refractivity contribution >= 4 is 65.4 Å². The number of nitriles is 1. The summed E-state index contributed by atoms with van der Waals surface area (Å²) >= 11 is 1.30. The molecule has 0 aliphatic carbocycles. The van der Waals surface area contributed by atoms with Crippen LogP contribution in [0.25, 0.3) is 11.3 Å². The minimum Gasteiger partial charge on any atom is -0.339 e. The Kier molecular flexibility index (Phi) is 9.75. The van der Waals surface area contributed by atoms with Crippen molar-refractivity contribution in [3.05, 3.63) is 94.9 Å². The Morgan fingerprint density at radius 2 is 1.28 bits per heavy atom. The Labute approximate surface area is 275 Å². The molecule has 5 aromatic rings. The molecule has 5 rings (SSSR count). The van der Waals surface area contributed by atoms with Crippen LogP contribution in [0.5, 0.6) is 0 Å². The Balaban J connectivity index is 1.54. The lowest BCUT2D eigenvalue weighted by Gasteiger charge is -2.16. The average molecular weight is 690 g/mol. The van der Waals surface area contributed by atoms with Gasteiger partial charge in [-0.05, 0) is 62.4 Å². The van der Waals surface area contributed by atoms with Crippen LogP contribution in [0.15, 0.2) is 98.2 Å². The predicted molar refractivity (Wildman–Crippen MR) is 178 cm³/mol. The van der Waals surface area contributed by atoms with Gasteiger partial charge in [-0.1, -0.05) is 29.8 Å². The lowest BCUT2D eigenvalue weighted by Crippen LogP contribution is -2.05. The van der Waals surface area contributed by atoms with Gasteiger partial charge in [-0.3, -0.25) is 8.37 Å². The normalized spacial score (nSPS) is 11.8. The summed E-state index contributed by atoms with van der Waals surface area (Å²) in [6.45, 7) is 3.69. The van der Waals surface area contributed by atoms with Crippen molar-refractivity contribution in [2.75, 3.05) is 24.9 Å². The fraction of sp³-hybridized carbons (Fsp3) is 0.129. The van der Waals surface area contributed by atoms with Gasteiger partial charge in [0.1, 0.15) is 11.8 Å². The molecule has 0 amide bonds. The third-order valence-electron chi connectivity index (χ3n) is 6.85. The van der Waals surface area contributed by atoms with Crippen molar-refractivity contribution in [3.63, 3.8) is 0 Å². The number of azo groups is 1. The standard InChI is InChI=1S/C31H27N7O6S3/c1-19-5-7-21(8-6-19)27-18-45-31(35-27)38-37-28-20(2)26(17-32)29(33-22-9-13-24(14-10-22)46(39,40)43-3)36-30(28)34-23-11-15-25(16-12-23)47(41,42)44-4/h5-16,18H,1-4H3,(H2,33,34,36). The number of rotatable bonds is 11. The van der Waals surface area contributed by atoms with Crippen LogP contribution >= 0.6 is 11.3 Å². The number of aromatic nitrogens is 2. The zero-order valence-corrected chi connectivity index (χ0v) is 27.9. The van der Waals surface area contributed by atoms with Crippen molar-refractivity contribution in [3.8, 4) is 17.3 Å². The third kappa shape index (κ3) is 7.51. The summed E-state index contributed by atoms with van der Waals surface area (Å²) in [7, 11) is -5.65. The van der Waals surface area contributed by atoms with E-state index in [1.807, 2.05) is 36.6 Å². The van der Waals surface area contributed by atoms with Crippen LogP contribution in [0, 0.1) is 25.2 Å². The highest BCUT2D eigenvalue weighted by molar-refractivity contribution is 7.87. The first-order valence-electron chi connectivity index (χ1n) is 13.7. The first-order chi connectivity index (χ1) is 22.4. The van der Waals surface area contributed by atoms with Gasteiger partial charge in [0.05, 0.1) is 35.3 Å². The van der Waals surface area contributed by atoms with Gasteiger partial charge in [-0.15, -0.1) is 21.6 Å². The van der Waals surface area contributed by atoms with E-state index in [1.54, 1.807) is 6.92 Å². The molecule has 2 heterocycles. The molecule has 3 aromatic carbocycles. The molecule has 0 spiro atoms. The number of nitrogens with zero attached hydrogens (tertiary/aromatic N) is 5. The highest BCUT2D eigenvalue weighted by Gasteiger charge is 2.20. The smallest absolute Gasteiger partial charge is 0.296 e. The van der Waals surface area contributed by atoms with Gasteiger partial charge in [0.25, 0.3) is 20.2 Å². The number of anilines is 4. The van der Waals surface area contributed by atoms with Crippen LogP contribution in [-0.2, 0) is 28.6 Å². The highest BCUT2D eigenvalue weighted by Crippen LogP contribution is 2.38. The summed E-state index contributed by atoms with van der Waals surface area (Å²) in [6, 6.07) is 21.6. The lowest BCUT2D eigenvalue weighted by atomic mass is 10.1. The van der Waals surface area contributed by atoms with Crippen molar-refractivity contribution < 1.29 is 25.2 Å². The van der Waals surface area contributed by atoms with Gasteiger partial charge in [0.2, 0.25) is 5.13 Å². The third-order valence-corrected chi connectivity index (χ3v) is 10.2. The molecule has 0 saturated heterocycles. The Morgan fingerprint density at radius 1 is 0.745 bits per heavy atom. The number of thiazole rings is 1. The maximum absolute atomic E-state index is 12.1. The molecule has 0 fully saturated rings. The van der Waals surface area contributed by atoms with E-state index >= 15 is 0 Å². The molecule has 47 heavy (non-hydrogen) atoms. The van der Waals surface area contributed by atoms with E-state index < -0.39 is 20.2 Å². The van der Waals surface area contributed by atoms with Crippen molar-refractivity contribution in [1.29, 1.82) is 5.26 Å². The van der Waals surface area contributed by atoms with Gasteiger partial charge in [-0.25, -0.2) is 9.97 Å². The van der Waals surface area contributed by atoms with E-state index in [0.717, 1.165) is 31.0 Å². The van der Waals surface area contributed by atoms with Crippen LogP contribution in [0.4, 0.5) is 33.8 Å². The fourth-order valence-electron chi connectivity index (χ4n) is 4.27. The summed E-state index contributed by atoms with van der Waals surface area (Å²) in [4.78, 5) is 9.14. The summed E-state index contributed by atoms with van der Waals surface area (Å²) in [5, 5.41) is 27.4. The minimum absolute atomic E-state index is 0.0381. The highest BCUT2D eigenvalue weighted by atomic mass is 32.2. The molecular weight excluding hydrogens is 663 g/mol. The largest absolute Gasteiger partial charge is 0.339 e. The summed E-state index contributed by atoms with van der Waals surface area (Å²) in [5.41, 5.74) is 4.56. The SMILES string of the molecule is COS(=O)(=O)c1ccc(Nc2nc(Nc3ccc(S(=O)(=O)OC)cc3)c(N=Nc3nc(-c4ccc(C)cc4)cs3)c(C)c2C#N)cc1. The second-order valence-electron chi connectivity index (χ2n) is 9.89.